The number of hydrogen-bond acceptors (Lipinski definition) is 5. The summed E-state index contributed by atoms with van der Waals surface area (Å²) in [7, 11) is 0. The minimum Gasteiger partial charge on any atom is -0.368 e. The van der Waals surface area contributed by atoms with Crippen molar-refractivity contribution in [2.75, 3.05) is 31.1 Å². The van der Waals surface area contributed by atoms with E-state index in [1.807, 2.05) is 36.5 Å². The number of aromatic nitrogens is 2. The van der Waals surface area contributed by atoms with Crippen LogP contribution in [0.25, 0.3) is 10.3 Å². The Labute approximate surface area is 144 Å². The molecule has 6 heteroatoms. The monoisotopic (exact) mass is 344 g/mol. The number of rotatable bonds is 3. The van der Waals surface area contributed by atoms with Gasteiger partial charge in [0.15, 0.2) is 0 Å². The van der Waals surface area contributed by atoms with E-state index in [4.69, 9.17) is 11.6 Å². The fourth-order valence-corrected chi connectivity index (χ4v) is 4.13. The van der Waals surface area contributed by atoms with Gasteiger partial charge in [-0.3, -0.25) is 4.90 Å². The van der Waals surface area contributed by atoms with Crippen LogP contribution >= 0.6 is 22.9 Å². The van der Waals surface area contributed by atoms with Gasteiger partial charge < -0.3 is 4.90 Å². The molecule has 118 valence electrons. The van der Waals surface area contributed by atoms with Gasteiger partial charge in [-0.1, -0.05) is 35.1 Å². The first-order chi connectivity index (χ1) is 11.3. The highest BCUT2D eigenvalue weighted by molar-refractivity contribution is 7.18. The van der Waals surface area contributed by atoms with Crippen molar-refractivity contribution < 1.29 is 0 Å². The van der Waals surface area contributed by atoms with E-state index < -0.39 is 0 Å². The van der Waals surface area contributed by atoms with Crippen molar-refractivity contribution in [3.63, 3.8) is 0 Å². The Balaban J connectivity index is 1.41. The van der Waals surface area contributed by atoms with E-state index >= 15 is 0 Å². The molecule has 0 amide bonds. The second-order valence-electron chi connectivity index (χ2n) is 5.65. The summed E-state index contributed by atoms with van der Waals surface area (Å²) in [5, 5.41) is 1.98. The Hall–Kier alpha value is -1.69. The topological polar surface area (TPSA) is 32.3 Å². The van der Waals surface area contributed by atoms with Crippen LogP contribution in [-0.2, 0) is 6.54 Å². The quantitative estimate of drug-likeness (QED) is 0.725. The number of benzene rings is 1. The molecule has 0 aliphatic carbocycles. The van der Waals surface area contributed by atoms with E-state index in [0.29, 0.717) is 0 Å². The summed E-state index contributed by atoms with van der Waals surface area (Å²) in [6.45, 7) is 4.93. The minimum atomic E-state index is 0.832. The molecule has 1 aliphatic heterocycles. The van der Waals surface area contributed by atoms with Gasteiger partial charge in [-0.25, -0.2) is 9.97 Å². The average molecular weight is 345 g/mol. The fraction of sp³-hybridized carbons (Fsp3) is 0.294. The summed E-state index contributed by atoms with van der Waals surface area (Å²) < 4.78 is 0. The second kappa shape index (κ2) is 6.43. The van der Waals surface area contributed by atoms with Gasteiger partial charge in [0.1, 0.15) is 15.4 Å². The minimum absolute atomic E-state index is 0.832. The van der Waals surface area contributed by atoms with Crippen LogP contribution in [0.4, 0.5) is 5.69 Å². The number of pyridine rings is 1. The highest BCUT2D eigenvalue weighted by Gasteiger charge is 2.19. The van der Waals surface area contributed by atoms with Crippen molar-refractivity contribution >= 4 is 39.0 Å². The van der Waals surface area contributed by atoms with Crippen LogP contribution in [0.2, 0.25) is 5.02 Å². The first-order valence-electron chi connectivity index (χ1n) is 7.72. The van der Waals surface area contributed by atoms with Crippen LogP contribution in [0.1, 0.15) is 5.01 Å². The largest absolute Gasteiger partial charge is 0.368 e. The van der Waals surface area contributed by atoms with E-state index in [2.05, 4.69) is 25.8 Å². The maximum atomic E-state index is 6.30. The van der Waals surface area contributed by atoms with Gasteiger partial charge in [0.05, 0.1) is 17.3 Å². The van der Waals surface area contributed by atoms with Gasteiger partial charge in [-0.2, -0.15) is 0 Å². The lowest BCUT2D eigenvalue weighted by molar-refractivity contribution is 0.249. The summed E-state index contributed by atoms with van der Waals surface area (Å²) in [4.78, 5) is 14.9. The Morgan fingerprint density at radius 2 is 1.87 bits per heavy atom. The maximum Gasteiger partial charge on any atom is 0.143 e. The maximum absolute atomic E-state index is 6.30. The zero-order valence-corrected chi connectivity index (χ0v) is 14.2. The number of anilines is 1. The number of nitrogens with zero attached hydrogens (tertiary/aromatic N) is 4. The lowest BCUT2D eigenvalue weighted by atomic mass is 10.2. The SMILES string of the molecule is Clc1ccccc1N1CCN(Cc2nc3cccnc3s2)CC1. The number of para-hydroxylation sites is 1. The Morgan fingerprint density at radius 1 is 1.04 bits per heavy atom. The molecular formula is C17H17ClN4S. The van der Waals surface area contributed by atoms with Gasteiger partial charge in [-0.15, -0.1) is 0 Å². The van der Waals surface area contributed by atoms with E-state index in [-0.39, 0.29) is 0 Å². The molecule has 1 fully saturated rings. The standard InChI is InChI=1S/C17H17ClN4S/c18-13-4-1-2-6-15(13)22-10-8-21(9-11-22)12-16-20-14-5-3-7-19-17(14)23-16/h1-7H,8-12H2. The molecule has 23 heavy (non-hydrogen) atoms. The highest BCUT2D eigenvalue weighted by atomic mass is 35.5. The molecule has 1 aromatic carbocycles. The predicted octanol–water partition coefficient (Wildman–Crippen LogP) is 3.67. The molecule has 0 unspecified atom stereocenters. The molecule has 0 N–H and O–H groups in total. The van der Waals surface area contributed by atoms with Crippen LogP contribution in [0, 0.1) is 0 Å². The van der Waals surface area contributed by atoms with Crippen molar-refractivity contribution in [1.29, 1.82) is 0 Å². The normalized spacial score (nSPS) is 16.1. The van der Waals surface area contributed by atoms with E-state index in [0.717, 1.165) is 58.8 Å². The lowest BCUT2D eigenvalue weighted by Gasteiger charge is -2.36. The molecule has 0 radical (unpaired) electrons. The van der Waals surface area contributed by atoms with Gasteiger partial charge in [0.25, 0.3) is 0 Å². The smallest absolute Gasteiger partial charge is 0.143 e. The number of hydrogen-bond donors (Lipinski definition) is 0. The number of halogens is 1. The zero-order valence-electron chi connectivity index (χ0n) is 12.7. The molecule has 1 aliphatic rings. The molecule has 4 rings (SSSR count). The summed E-state index contributed by atoms with van der Waals surface area (Å²) in [6, 6.07) is 12.0. The predicted molar refractivity (Wildman–Crippen MR) is 96.4 cm³/mol. The molecule has 0 spiro atoms. The summed E-state index contributed by atoms with van der Waals surface area (Å²) in [6.07, 6.45) is 1.83. The summed E-state index contributed by atoms with van der Waals surface area (Å²) in [5.41, 5.74) is 2.14. The second-order valence-corrected chi connectivity index (χ2v) is 7.12. The third kappa shape index (κ3) is 3.17. The number of piperazine rings is 1. The highest BCUT2D eigenvalue weighted by Crippen LogP contribution is 2.27. The molecule has 0 saturated carbocycles. The Morgan fingerprint density at radius 3 is 2.65 bits per heavy atom. The fourth-order valence-electron chi connectivity index (χ4n) is 2.93. The zero-order chi connectivity index (χ0) is 15.6. The molecule has 1 saturated heterocycles. The van der Waals surface area contributed by atoms with E-state index in [1.54, 1.807) is 11.3 Å². The van der Waals surface area contributed by atoms with Crippen LogP contribution in [0.5, 0.6) is 0 Å². The van der Waals surface area contributed by atoms with Crippen LogP contribution < -0.4 is 4.90 Å². The molecule has 4 nitrogen and oxygen atoms in total. The third-order valence-electron chi connectivity index (χ3n) is 4.14. The summed E-state index contributed by atoms with van der Waals surface area (Å²) in [5.74, 6) is 0. The van der Waals surface area contributed by atoms with Crippen molar-refractivity contribution in [1.82, 2.24) is 14.9 Å². The number of thiazole rings is 1. The Bertz CT molecular complexity index is 778. The van der Waals surface area contributed by atoms with Crippen molar-refractivity contribution in [3.05, 3.63) is 52.6 Å². The molecule has 3 aromatic rings. The summed E-state index contributed by atoms with van der Waals surface area (Å²) >= 11 is 7.99. The first kappa shape index (κ1) is 14.9. The first-order valence-corrected chi connectivity index (χ1v) is 8.91. The van der Waals surface area contributed by atoms with E-state index in [9.17, 15) is 0 Å². The van der Waals surface area contributed by atoms with Gasteiger partial charge in [-0.05, 0) is 24.3 Å². The molecule has 3 heterocycles. The van der Waals surface area contributed by atoms with Gasteiger partial charge in [0, 0.05) is 32.4 Å². The molecular weight excluding hydrogens is 328 g/mol. The molecule has 0 bridgehead atoms. The van der Waals surface area contributed by atoms with Crippen LogP contribution in [0.15, 0.2) is 42.6 Å². The van der Waals surface area contributed by atoms with Crippen molar-refractivity contribution in [2.45, 2.75) is 6.54 Å². The van der Waals surface area contributed by atoms with Crippen molar-refractivity contribution in [2.24, 2.45) is 0 Å². The Kier molecular flexibility index (Phi) is 4.16. The molecule has 2 aromatic heterocycles. The van der Waals surface area contributed by atoms with Crippen LogP contribution in [0.3, 0.4) is 0 Å². The van der Waals surface area contributed by atoms with Gasteiger partial charge >= 0.3 is 0 Å². The van der Waals surface area contributed by atoms with E-state index in [1.165, 1.54) is 0 Å². The molecule has 0 atom stereocenters. The number of fused-ring (bicyclic) bond motifs is 1. The lowest BCUT2D eigenvalue weighted by Crippen LogP contribution is -2.46. The van der Waals surface area contributed by atoms with Gasteiger partial charge in [0.2, 0.25) is 0 Å². The average Bonchev–Trinajstić information content (AvgIpc) is 2.98. The van der Waals surface area contributed by atoms with Crippen LogP contribution in [-0.4, -0.2) is 41.0 Å². The third-order valence-corrected chi connectivity index (χ3v) is 5.42. The van der Waals surface area contributed by atoms with Crippen molar-refractivity contribution in [3.8, 4) is 0 Å².